The average molecular weight is 322 g/mol. The summed E-state index contributed by atoms with van der Waals surface area (Å²) >= 11 is 0. The molecule has 120 valence electrons. The first-order chi connectivity index (χ1) is 11.5. The van der Waals surface area contributed by atoms with Gasteiger partial charge in [-0.15, -0.1) is 0 Å². The SMILES string of the molecule is Cc1c(C(=O)O)cc(-c2ccccc2)n1-c1ccc([N+](=O)[O-])cc1. The van der Waals surface area contributed by atoms with Crippen LogP contribution in [0.1, 0.15) is 16.1 Å². The van der Waals surface area contributed by atoms with E-state index in [-0.39, 0.29) is 11.3 Å². The summed E-state index contributed by atoms with van der Waals surface area (Å²) in [6.07, 6.45) is 0. The van der Waals surface area contributed by atoms with Crippen LogP contribution < -0.4 is 0 Å². The fraction of sp³-hybridized carbons (Fsp3) is 0.0556. The molecule has 0 aliphatic heterocycles. The van der Waals surface area contributed by atoms with Crippen LogP contribution in [0.15, 0.2) is 60.7 Å². The normalized spacial score (nSPS) is 10.5. The van der Waals surface area contributed by atoms with Gasteiger partial charge in [-0.3, -0.25) is 10.1 Å². The van der Waals surface area contributed by atoms with E-state index >= 15 is 0 Å². The molecule has 0 amide bonds. The van der Waals surface area contributed by atoms with Crippen molar-refractivity contribution in [2.45, 2.75) is 6.92 Å². The van der Waals surface area contributed by atoms with Crippen molar-refractivity contribution in [3.63, 3.8) is 0 Å². The van der Waals surface area contributed by atoms with E-state index in [0.29, 0.717) is 11.4 Å². The number of aromatic nitrogens is 1. The van der Waals surface area contributed by atoms with Crippen LogP contribution in [0.5, 0.6) is 0 Å². The highest BCUT2D eigenvalue weighted by Gasteiger charge is 2.19. The molecule has 0 bridgehead atoms. The second-order valence-corrected chi connectivity index (χ2v) is 5.31. The lowest BCUT2D eigenvalue weighted by Crippen LogP contribution is -2.02. The first kappa shape index (κ1) is 15.5. The number of carboxylic acid groups (broad SMARTS) is 1. The maximum Gasteiger partial charge on any atom is 0.337 e. The van der Waals surface area contributed by atoms with Gasteiger partial charge in [-0.05, 0) is 30.7 Å². The molecular weight excluding hydrogens is 308 g/mol. The third kappa shape index (κ3) is 2.65. The van der Waals surface area contributed by atoms with Gasteiger partial charge in [-0.25, -0.2) is 4.79 Å². The lowest BCUT2D eigenvalue weighted by Gasteiger charge is -2.12. The zero-order valence-electron chi connectivity index (χ0n) is 12.8. The van der Waals surface area contributed by atoms with Gasteiger partial charge in [0.05, 0.1) is 16.2 Å². The Kier molecular flexibility index (Phi) is 3.87. The van der Waals surface area contributed by atoms with Gasteiger partial charge in [-0.2, -0.15) is 0 Å². The lowest BCUT2D eigenvalue weighted by molar-refractivity contribution is -0.384. The minimum absolute atomic E-state index is 0.0109. The van der Waals surface area contributed by atoms with Crippen LogP contribution in [0.2, 0.25) is 0 Å². The van der Waals surface area contributed by atoms with E-state index in [1.807, 2.05) is 30.3 Å². The van der Waals surface area contributed by atoms with E-state index in [0.717, 1.165) is 11.3 Å². The smallest absolute Gasteiger partial charge is 0.337 e. The average Bonchev–Trinajstić information content (AvgIpc) is 2.93. The summed E-state index contributed by atoms with van der Waals surface area (Å²) in [5, 5.41) is 20.2. The van der Waals surface area contributed by atoms with Crippen molar-refractivity contribution < 1.29 is 14.8 Å². The number of nitro benzene ring substituents is 1. The quantitative estimate of drug-likeness (QED) is 0.580. The molecule has 1 N–H and O–H groups in total. The van der Waals surface area contributed by atoms with Gasteiger partial charge in [-0.1, -0.05) is 30.3 Å². The van der Waals surface area contributed by atoms with Crippen molar-refractivity contribution in [3.8, 4) is 16.9 Å². The molecule has 3 aromatic rings. The Morgan fingerprint density at radius 2 is 1.71 bits per heavy atom. The molecule has 24 heavy (non-hydrogen) atoms. The molecule has 2 aromatic carbocycles. The van der Waals surface area contributed by atoms with Crippen LogP contribution in [0.25, 0.3) is 16.9 Å². The van der Waals surface area contributed by atoms with Crippen molar-refractivity contribution in [2.24, 2.45) is 0 Å². The number of benzene rings is 2. The Labute approximate surface area is 137 Å². The molecule has 3 rings (SSSR count). The molecule has 0 unspecified atom stereocenters. The van der Waals surface area contributed by atoms with Gasteiger partial charge in [0.25, 0.3) is 5.69 Å². The van der Waals surface area contributed by atoms with E-state index in [2.05, 4.69) is 0 Å². The number of hydrogen-bond donors (Lipinski definition) is 1. The molecule has 0 radical (unpaired) electrons. The van der Waals surface area contributed by atoms with Crippen molar-refractivity contribution in [3.05, 3.63) is 82.0 Å². The predicted octanol–water partition coefficient (Wildman–Crippen LogP) is 4.06. The molecular formula is C18H14N2O4. The largest absolute Gasteiger partial charge is 0.478 e. The number of aromatic carboxylic acids is 1. The van der Waals surface area contributed by atoms with Gasteiger partial charge < -0.3 is 9.67 Å². The monoisotopic (exact) mass is 322 g/mol. The van der Waals surface area contributed by atoms with Crippen molar-refractivity contribution in [1.29, 1.82) is 0 Å². The minimum Gasteiger partial charge on any atom is -0.478 e. The number of rotatable bonds is 4. The number of carbonyl (C=O) groups is 1. The third-order valence-corrected chi connectivity index (χ3v) is 3.87. The van der Waals surface area contributed by atoms with E-state index in [1.54, 1.807) is 29.7 Å². The lowest BCUT2D eigenvalue weighted by atomic mass is 10.1. The molecule has 0 fully saturated rings. The Hall–Kier alpha value is -3.41. The van der Waals surface area contributed by atoms with Crippen molar-refractivity contribution in [1.82, 2.24) is 4.57 Å². The number of hydrogen-bond acceptors (Lipinski definition) is 3. The van der Waals surface area contributed by atoms with Crippen LogP contribution in [0.3, 0.4) is 0 Å². The molecule has 0 aliphatic rings. The molecule has 0 atom stereocenters. The highest BCUT2D eigenvalue weighted by molar-refractivity contribution is 5.91. The second kappa shape index (κ2) is 6.00. The summed E-state index contributed by atoms with van der Waals surface area (Å²) in [6, 6.07) is 17.1. The van der Waals surface area contributed by atoms with E-state index in [4.69, 9.17) is 0 Å². The predicted molar refractivity (Wildman–Crippen MR) is 89.6 cm³/mol. The van der Waals surface area contributed by atoms with Gasteiger partial charge in [0.2, 0.25) is 0 Å². The number of carboxylic acids is 1. The molecule has 6 nitrogen and oxygen atoms in total. The molecule has 0 saturated heterocycles. The van der Waals surface area contributed by atoms with E-state index in [9.17, 15) is 20.0 Å². The van der Waals surface area contributed by atoms with Crippen molar-refractivity contribution >= 4 is 11.7 Å². The standard InChI is InChI=1S/C18H14N2O4/c1-12-16(18(21)22)11-17(13-5-3-2-4-6-13)19(12)14-7-9-15(10-8-14)20(23)24/h2-11H,1H3,(H,21,22). The molecule has 1 aromatic heterocycles. The summed E-state index contributed by atoms with van der Waals surface area (Å²) in [5.41, 5.74) is 3.01. The van der Waals surface area contributed by atoms with Gasteiger partial charge in [0, 0.05) is 23.5 Å². The van der Waals surface area contributed by atoms with Crippen LogP contribution in [0, 0.1) is 17.0 Å². The molecule has 0 aliphatic carbocycles. The van der Waals surface area contributed by atoms with Gasteiger partial charge in [0.15, 0.2) is 0 Å². The Morgan fingerprint density at radius 3 is 2.25 bits per heavy atom. The first-order valence-corrected chi connectivity index (χ1v) is 7.25. The van der Waals surface area contributed by atoms with Crippen LogP contribution in [-0.2, 0) is 0 Å². The summed E-state index contributed by atoms with van der Waals surface area (Å²) < 4.78 is 1.79. The Bertz CT molecular complexity index is 912. The zero-order chi connectivity index (χ0) is 17.3. The molecule has 1 heterocycles. The maximum atomic E-state index is 11.5. The van der Waals surface area contributed by atoms with Gasteiger partial charge in [0.1, 0.15) is 0 Å². The number of nitrogens with zero attached hydrogens (tertiary/aromatic N) is 2. The van der Waals surface area contributed by atoms with Crippen LogP contribution >= 0.6 is 0 Å². The maximum absolute atomic E-state index is 11.5. The first-order valence-electron chi connectivity index (χ1n) is 7.25. The Morgan fingerprint density at radius 1 is 1.08 bits per heavy atom. The van der Waals surface area contributed by atoms with E-state index < -0.39 is 10.9 Å². The summed E-state index contributed by atoms with van der Waals surface area (Å²) in [5.74, 6) is -1.01. The van der Waals surface area contributed by atoms with Gasteiger partial charge >= 0.3 is 5.97 Å². The Balaban J connectivity index is 2.22. The molecule has 0 saturated carbocycles. The second-order valence-electron chi connectivity index (χ2n) is 5.31. The minimum atomic E-state index is -1.01. The highest BCUT2D eigenvalue weighted by Crippen LogP contribution is 2.30. The third-order valence-electron chi connectivity index (χ3n) is 3.87. The van der Waals surface area contributed by atoms with E-state index in [1.165, 1.54) is 12.1 Å². The topological polar surface area (TPSA) is 85.4 Å². The molecule has 0 spiro atoms. The van der Waals surface area contributed by atoms with Crippen molar-refractivity contribution in [2.75, 3.05) is 0 Å². The summed E-state index contributed by atoms with van der Waals surface area (Å²) in [4.78, 5) is 21.8. The summed E-state index contributed by atoms with van der Waals surface area (Å²) in [6.45, 7) is 1.72. The number of non-ortho nitro benzene ring substituents is 1. The molecule has 6 heteroatoms. The fourth-order valence-electron chi connectivity index (χ4n) is 2.70. The van der Waals surface area contributed by atoms with Crippen LogP contribution in [-0.4, -0.2) is 20.6 Å². The zero-order valence-corrected chi connectivity index (χ0v) is 12.8. The van der Waals surface area contributed by atoms with Crippen LogP contribution in [0.4, 0.5) is 5.69 Å². The number of nitro groups is 1. The summed E-state index contributed by atoms with van der Waals surface area (Å²) in [7, 11) is 0. The fourth-order valence-corrected chi connectivity index (χ4v) is 2.70. The highest BCUT2D eigenvalue weighted by atomic mass is 16.6.